The number of rotatable bonds is 9. The minimum absolute atomic E-state index is 0.0361. The van der Waals surface area contributed by atoms with Crippen LogP contribution < -0.4 is 4.74 Å². The molecule has 0 spiro atoms. The third kappa shape index (κ3) is 9.64. The Bertz CT molecular complexity index is 1850. The lowest BCUT2D eigenvalue weighted by atomic mass is 9.92. The highest BCUT2D eigenvalue weighted by Gasteiger charge is 2.41. The van der Waals surface area contributed by atoms with E-state index in [1.807, 2.05) is 13.8 Å². The van der Waals surface area contributed by atoms with E-state index >= 15 is 0 Å². The number of aromatic carboxylic acids is 1. The molecule has 3 aromatic rings. The van der Waals surface area contributed by atoms with Gasteiger partial charge in [0.2, 0.25) is 0 Å². The van der Waals surface area contributed by atoms with Crippen LogP contribution in [-0.2, 0) is 17.5 Å². The Hall–Kier alpha value is -5.02. The Morgan fingerprint density at radius 3 is 2.12 bits per heavy atom. The van der Waals surface area contributed by atoms with Crippen molar-refractivity contribution in [3.63, 3.8) is 0 Å². The summed E-state index contributed by atoms with van der Waals surface area (Å²) in [7, 11) is 1.33. The van der Waals surface area contributed by atoms with Crippen LogP contribution in [0.25, 0.3) is 22.3 Å². The summed E-state index contributed by atoms with van der Waals surface area (Å²) in [4.78, 5) is 29.4. The molecule has 2 heterocycles. The van der Waals surface area contributed by atoms with Gasteiger partial charge in [0, 0.05) is 28.8 Å². The first-order chi connectivity index (χ1) is 24.1. The number of carboxylic acids is 1. The average molecular weight is 747 g/mol. The van der Waals surface area contributed by atoms with E-state index in [0.717, 1.165) is 17.0 Å². The number of aryl methyl sites for hydroxylation is 1. The van der Waals surface area contributed by atoms with Crippen LogP contribution in [0.4, 0.5) is 44.3 Å². The average Bonchev–Trinajstić information content (AvgIpc) is 3.33. The number of halogens is 9. The normalized spacial score (nSPS) is 17.1. The third-order valence-electron chi connectivity index (χ3n) is 8.11. The molecule has 1 aliphatic heterocycles. The number of cyclic esters (lactones) is 1. The highest BCUT2D eigenvalue weighted by atomic mass is 19.4. The number of amides is 1. The van der Waals surface area contributed by atoms with Crippen LogP contribution in [0.5, 0.6) is 5.75 Å². The highest BCUT2D eigenvalue weighted by molar-refractivity contribution is 5.87. The molecule has 1 aromatic heterocycles. The molecule has 4 rings (SSSR count). The summed E-state index contributed by atoms with van der Waals surface area (Å²) >= 11 is 0. The number of carbonyl (C=O) groups is 2. The lowest BCUT2D eigenvalue weighted by Gasteiger charge is -2.24. The smallest absolute Gasteiger partial charge is 0.416 e. The maximum absolute atomic E-state index is 13.9. The van der Waals surface area contributed by atoms with Crippen molar-refractivity contribution in [1.29, 1.82) is 0 Å². The van der Waals surface area contributed by atoms with Crippen LogP contribution in [0.1, 0.15) is 61.4 Å². The van der Waals surface area contributed by atoms with Gasteiger partial charge in [-0.05, 0) is 73.9 Å². The van der Waals surface area contributed by atoms with Gasteiger partial charge < -0.3 is 14.6 Å². The number of hydrogen-bond donors (Lipinski definition) is 1. The molecule has 1 fully saturated rings. The molecule has 0 bridgehead atoms. The monoisotopic (exact) mass is 746 g/mol. The van der Waals surface area contributed by atoms with Gasteiger partial charge >= 0.3 is 30.6 Å². The summed E-state index contributed by atoms with van der Waals surface area (Å²) in [6.07, 6.45) is -17.5. The molecule has 0 radical (unpaired) electrons. The number of ether oxygens (including phenoxy) is 2. The molecule has 7 nitrogen and oxygen atoms in total. The Morgan fingerprint density at radius 1 is 0.942 bits per heavy atom. The summed E-state index contributed by atoms with van der Waals surface area (Å²) in [5.41, 5.74) is -2.56. The summed E-state index contributed by atoms with van der Waals surface area (Å²) in [6, 6.07) is 9.37. The van der Waals surface area contributed by atoms with Crippen molar-refractivity contribution < 1.29 is 63.7 Å². The number of methoxy groups -OCH3 is 1. The molecule has 2 unspecified atom stereocenters. The van der Waals surface area contributed by atoms with Crippen molar-refractivity contribution >= 4 is 12.1 Å². The quantitative estimate of drug-likeness (QED) is 0.173. The molecular weight excluding hydrogens is 711 g/mol. The lowest BCUT2D eigenvalue weighted by molar-refractivity contribution is -0.137. The number of alkyl halides is 9. The van der Waals surface area contributed by atoms with E-state index < -0.39 is 72.4 Å². The zero-order valence-electron chi connectivity index (χ0n) is 28.7. The van der Waals surface area contributed by atoms with E-state index in [1.54, 1.807) is 25.1 Å². The number of benzene rings is 2. The van der Waals surface area contributed by atoms with E-state index in [9.17, 15) is 54.2 Å². The van der Waals surface area contributed by atoms with E-state index in [1.165, 1.54) is 32.2 Å². The summed E-state index contributed by atoms with van der Waals surface area (Å²) in [5, 5.41) is 9.27. The Morgan fingerprint density at radius 2 is 1.58 bits per heavy atom. The van der Waals surface area contributed by atoms with Crippen LogP contribution in [0.3, 0.4) is 0 Å². The number of pyridine rings is 1. The first-order valence-corrected chi connectivity index (χ1v) is 15.7. The Kier molecular flexibility index (Phi) is 12.8. The van der Waals surface area contributed by atoms with Crippen LogP contribution in [-0.4, -0.2) is 58.7 Å². The maximum atomic E-state index is 13.9. The second-order valence-corrected chi connectivity index (χ2v) is 11.4. The summed E-state index contributed by atoms with van der Waals surface area (Å²) in [6.45, 7) is 6.94. The Balaban J connectivity index is 0.00000358. The molecule has 1 N–H and O–H groups in total. The minimum Gasteiger partial charge on any atom is -0.496 e. The van der Waals surface area contributed by atoms with Gasteiger partial charge in [0.25, 0.3) is 0 Å². The van der Waals surface area contributed by atoms with Crippen molar-refractivity contribution in [3.05, 3.63) is 94.3 Å². The second-order valence-electron chi connectivity index (χ2n) is 11.4. The lowest BCUT2D eigenvalue weighted by Crippen LogP contribution is -2.33. The van der Waals surface area contributed by atoms with Gasteiger partial charge in [-0.15, -0.1) is 0 Å². The first kappa shape index (κ1) is 41.4. The number of hydrogen-bond acceptors (Lipinski definition) is 5. The van der Waals surface area contributed by atoms with Crippen LogP contribution in [0, 0.1) is 6.92 Å². The number of carbonyl (C=O) groups excluding carboxylic acids is 1. The molecule has 1 aliphatic rings. The predicted octanol–water partition coefficient (Wildman–Crippen LogP) is 10.6. The standard InChI is InChI=1S/C34H29F9N2O5.C2H6/c1-17(32(35,36)37)13-22(33(38,39)40)7-12-28-19(3)45(31(48)50-28)16-21-14-23(34(41,42)43)6-8-25(21)26-15-20(5-11-29(26)49-4)24-9-10-27(30(46)47)44-18(24)2;1-2/h5-11,13-15,19,28H,12,16H2,1-4H3,(H,46,47);1-2H3/b17-13+,22-7+;. The molecule has 2 aromatic carbocycles. The summed E-state index contributed by atoms with van der Waals surface area (Å²) in [5.74, 6) is -1.02. The largest absolute Gasteiger partial charge is 0.496 e. The van der Waals surface area contributed by atoms with Crippen LogP contribution in [0.15, 0.2) is 71.8 Å². The van der Waals surface area contributed by atoms with Crippen LogP contribution >= 0.6 is 0 Å². The van der Waals surface area contributed by atoms with Gasteiger partial charge in [-0.3, -0.25) is 4.90 Å². The van der Waals surface area contributed by atoms with Gasteiger partial charge in [-0.2, -0.15) is 39.5 Å². The molecule has 282 valence electrons. The SMILES string of the molecule is CC.COc1ccc(-c2ccc(C(=O)O)nc2C)cc1-c1ccc(C(F)(F)F)cc1CN1C(=O)OC(C/C=C(\C=C(/C)C(F)(F)F)C(F)(F)F)C1C. The molecular formula is C36H35F9N2O5. The fraction of sp³-hybridized carbons (Fsp3) is 0.361. The van der Waals surface area contributed by atoms with Crippen molar-refractivity contribution in [3.8, 4) is 28.0 Å². The molecule has 16 heteroatoms. The van der Waals surface area contributed by atoms with Gasteiger partial charge in [-0.1, -0.05) is 38.1 Å². The van der Waals surface area contributed by atoms with E-state index in [-0.39, 0.29) is 34.2 Å². The van der Waals surface area contributed by atoms with Gasteiger partial charge in [0.1, 0.15) is 17.5 Å². The van der Waals surface area contributed by atoms with E-state index in [2.05, 4.69) is 4.98 Å². The fourth-order valence-corrected chi connectivity index (χ4v) is 5.35. The molecule has 0 aliphatic carbocycles. The minimum atomic E-state index is -5.16. The van der Waals surface area contributed by atoms with E-state index in [4.69, 9.17) is 9.47 Å². The molecule has 1 saturated heterocycles. The van der Waals surface area contributed by atoms with Crippen molar-refractivity contribution in [2.75, 3.05) is 7.11 Å². The number of carboxylic acid groups (broad SMARTS) is 1. The molecule has 2 atom stereocenters. The maximum Gasteiger partial charge on any atom is 0.416 e. The summed E-state index contributed by atoms with van der Waals surface area (Å²) < 4.78 is 132. The van der Waals surface area contributed by atoms with Gasteiger partial charge in [0.05, 0.1) is 30.8 Å². The predicted molar refractivity (Wildman–Crippen MR) is 174 cm³/mol. The van der Waals surface area contributed by atoms with Crippen molar-refractivity contribution in [2.45, 2.75) is 78.3 Å². The fourth-order valence-electron chi connectivity index (χ4n) is 5.35. The molecule has 1 amide bonds. The van der Waals surface area contributed by atoms with Crippen molar-refractivity contribution in [1.82, 2.24) is 9.88 Å². The van der Waals surface area contributed by atoms with Gasteiger partial charge in [-0.25, -0.2) is 14.6 Å². The first-order valence-electron chi connectivity index (χ1n) is 15.7. The second kappa shape index (κ2) is 16.1. The zero-order valence-corrected chi connectivity index (χ0v) is 28.7. The van der Waals surface area contributed by atoms with Crippen molar-refractivity contribution in [2.24, 2.45) is 0 Å². The van der Waals surface area contributed by atoms with Gasteiger partial charge in [0.15, 0.2) is 0 Å². The number of nitrogens with zero attached hydrogens (tertiary/aromatic N) is 2. The van der Waals surface area contributed by atoms with E-state index in [0.29, 0.717) is 29.8 Å². The third-order valence-corrected chi connectivity index (χ3v) is 8.11. The van der Waals surface area contributed by atoms with Crippen LogP contribution in [0.2, 0.25) is 0 Å². The Labute approximate surface area is 293 Å². The number of allylic oxidation sites excluding steroid dienone is 3. The topological polar surface area (TPSA) is 89.0 Å². The zero-order chi connectivity index (χ0) is 39.3. The highest BCUT2D eigenvalue weighted by Crippen LogP contribution is 2.41. The number of aromatic nitrogens is 1. The molecule has 52 heavy (non-hydrogen) atoms. The molecule has 0 saturated carbocycles.